The summed E-state index contributed by atoms with van der Waals surface area (Å²) in [6, 6.07) is 7.95. The number of nitrogens with one attached hydrogen (secondary N) is 1. The van der Waals surface area contributed by atoms with E-state index in [1.165, 1.54) is 0 Å². The molecule has 0 aliphatic carbocycles. The zero-order valence-corrected chi connectivity index (χ0v) is 11.4. The van der Waals surface area contributed by atoms with Gasteiger partial charge in [0.15, 0.2) is 0 Å². The van der Waals surface area contributed by atoms with Crippen molar-refractivity contribution in [2.45, 2.75) is 19.8 Å². The molecule has 18 heavy (non-hydrogen) atoms. The molecule has 94 valence electrons. The van der Waals surface area contributed by atoms with Crippen LogP contribution in [0.5, 0.6) is 5.75 Å². The molecule has 1 aromatic heterocycles. The van der Waals surface area contributed by atoms with Gasteiger partial charge in [-0.15, -0.1) is 0 Å². The van der Waals surface area contributed by atoms with Gasteiger partial charge in [0.1, 0.15) is 10.4 Å². The fourth-order valence-corrected chi connectivity index (χ4v) is 2.20. The number of aromatic nitrogens is 2. The van der Waals surface area contributed by atoms with E-state index in [2.05, 4.69) is 16.9 Å². The molecule has 0 radical (unpaired) electrons. The number of aromatic amines is 1. The number of methoxy groups -OCH3 is 1. The van der Waals surface area contributed by atoms with Gasteiger partial charge in [0.05, 0.1) is 19.1 Å². The normalized spacial score (nSPS) is 10.3. The Labute approximate surface area is 112 Å². The Morgan fingerprint density at radius 1 is 1.39 bits per heavy atom. The summed E-state index contributed by atoms with van der Waals surface area (Å²) in [4.78, 5) is 7.35. The highest BCUT2D eigenvalue weighted by Crippen LogP contribution is 2.25. The van der Waals surface area contributed by atoms with Crippen molar-refractivity contribution in [1.29, 1.82) is 0 Å². The van der Waals surface area contributed by atoms with E-state index < -0.39 is 0 Å². The first kappa shape index (κ1) is 12.8. The van der Waals surface area contributed by atoms with Gasteiger partial charge >= 0.3 is 0 Å². The van der Waals surface area contributed by atoms with Gasteiger partial charge in [-0.1, -0.05) is 37.7 Å². The highest BCUT2D eigenvalue weighted by Gasteiger charge is 2.08. The molecule has 0 unspecified atom stereocenters. The molecule has 2 aromatic rings. The van der Waals surface area contributed by atoms with Crippen molar-refractivity contribution in [2.24, 2.45) is 0 Å². The third kappa shape index (κ3) is 2.59. The van der Waals surface area contributed by atoms with Gasteiger partial charge in [-0.25, -0.2) is 4.98 Å². The Balaban J connectivity index is 2.55. The van der Waals surface area contributed by atoms with Gasteiger partial charge in [-0.2, -0.15) is 0 Å². The molecule has 0 spiro atoms. The van der Waals surface area contributed by atoms with E-state index in [-0.39, 0.29) is 0 Å². The van der Waals surface area contributed by atoms with Crippen LogP contribution in [0.15, 0.2) is 30.6 Å². The Kier molecular flexibility index (Phi) is 4.10. The van der Waals surface area contributed by atoms with Crippen LogP contribution in [0.3, 0.4) is 0 Å². The van der Waals surface area contributed by atoms with Crippen LogP contribution < -0.4 is 4.74 Å². The van der Waals surface area contributed by atoms with Crippen molar-refractivity contribution in [1.82, 2.24) is 9.97 Å². The first-order chi connectivity index (χ1) is 8.76. The maximum Gasteiger partial charge on any atom is 0.133 e. The van der Waals surface area contributed by atoms with Crippen LogP contribution in [0.4, 0.5) is 0 Å². The Hall–Kier alpha value is -1.68. The molecular weight excluding hydrogens is 244 g/mol. The van der Waals surface area contributed by atoms with Crippen molar-refractivity contribution in [3.63, 3.8) is 0 Å². The zero-order chi connectivity index (χ0) is 13.0. The number of benzene rings is 1. The average molecular weight is 260 g/mol. The number of hydrogen-bond donors (Lipinski definition) is 1. The summed E-state index contributed by atoms with van der Waals surface area (Å²) >= 11 is 5.30. The third-order valence-electron chi connectivity index (χ3n) is 2.81. The molecule has 1 aromatic carbocycles. The standard InChI is InChI=1S/C14H16N2OS/c1-3-5-12-13(15-9-16-14(12)18)10-6-4-7-11(8-10)17-2/h4,6-9H,3,5H2,1-2H3,(H,15,16,18). The average Bonchev–Trinajstić information content (AvgIpc) is 2.41. The van der Waals surface area contributed by atoms with Crippen LogP contribution in [0.25, 0.3) is 11.3 Å². The maximum atomic E-state index is 5.30. The van der Waals surface area contributed by atoms with Gasteiger partial charge in [0.2, 0.25) is 0 Å². The lowest BCUT2D eigenvalue weighted by Gasteiger charge is -2.09. The lowest BCUT2D eigenvalue weighted by molar-refractivity contribution is 0.415. The molecule has 1 N–H and O–H groups in total. The molecule has 0 saturated heterocycles. The first-order valence-electron chi connectivity index (χ1n) is 5.97. The van der Waals surface area contributed by atoms with Gasteiger partial charge in [-0.05, 0) is 18.6 Å². The Morgan fingerprint density at radius 2 is 2.22 bits per heavy atom. The summed E-state index contributed by atoms with van der Waals surface area (Å²) < 4.78 is 5.93. The third-order valence-corrected chi connectivity index (χ3v) is 3.16. The van der Waals surface area contributed by atoms with Crippen molar-refractivity contribution in [3.05, 3.63) is 40.8 Å². The second kappa shape index (κ2) is 5.78. The number of ether oxygens (including phenoxy) is 1. The van der Waals surface area contributed by atoms with Crippen molar-refractivity contribution in [2.75, 3.05) is 7.11 Å². The Bertz CT molecular complexity index is 592. The largest absolute Gasteiger partial charge is 0.497 e. The second-order valence-corrected chi connectivity index (χ2v) is 4.43. The van der Waals surface area contributed by atoms with E-state index in [9.17, 15) is 0 Å². The lowest BCUT2D eigenvalue weighted by atomic mass is 10.0. The summed E-state index contributed by atoms with van der Waals surface area (Å²) in [5, 5.41) is 0. The first-order valence-corrected chi connectivity index (χ1v) is 6.38. The van der Waals surface area contributed by atoms with E-state index in [4.69, 9.17) is 17.0 Å². The van der Waals surface area contributed by atoms with E-state index in [0.717, 1.165) is 35.4 Å². The van der Waals surface area contributed by atoms with Crippen LogP contribution in [0, 0.1) is 4.64 Å². The predicted octanol–water partition coefficient (Wildman–Crippen LogP) is 3.77. The molecule has 2 rings (SSSR count). The van der Waals surface area contributed by atoms with Crippen LogP contribution >= 0.6 is 12.2 Å². The van der Waals surface area contributed by atoms with E-state index >= 15 is 0 Å². The van der Waals surface area contributed by atoms with E-state index in [0.29, 0.717) is 4.64 Å². The smallest absolute Gasteiger partial charge is 0.133 e. The Morgan fingerprint density at radius 3 is 2.94 bits per heavy atom. The van der Waals surface area contributed by atoms with Crippen LogP contribution in [0.1, 0.15) is 18.9 Å². The second-order valence-electron chi connectivity index (χ2n) is 4.04. The minimum atomic E-state index is 0.674. The molecule has 0 fully saturated rings. The van der Waals surface area contributed by atoms with Crippen LogP contribution in [0.2, 0.25) is 0 Å². The predicted molar refractivity (Wildman–Crippen MR) is 75.4 cm³/mol. The molecule has 0 amide bonds. The minimum absolute atomic E-state index is 0.674. The number of hydrogen-bond acceptors (Lipinski definition) is 3. The molecule has 0 saturated carbocycles. The number of nitrogens with zero attached hydrogens (tertiary/aromatic N) is 1. The summed E-state index contributed by atoms with van der Waals surface area (Å²) in [7, 11) is 1.67. The molecule has 0 aliphatic heterocycles. The fourth-order valence-electron chi connectivity index (χ4n) is 1.95. The van der Waals surface area contributed by atoms with Crippen molar-refractivity contribution in [3.8, 4) is 17.0 Å². The minimum Gasteiger partial charge on any atom is -0.497 e. The van der Waals surface area contributed by atoms with Gasteiger partial charge in [-0.3, -0.25) is 0 Å². The van der Waals surface area contributed by atoms with Crippen LogP contribution in [-0.4, -0.2) is 17.1 Å². The number of rotatable bonds is 4. The van der Waals surface area contributed by atoms with Crippen molar-refractivity contribution >= 4 is 12.2 Å². The van der Waals surface area contributed by atoms with Gasteiger partial charge in [0, 0.05) is 11.1 Å². The summed E-state index contributed by atoms with van der Waals surface area (Å²) in [6.45, 7) is 2.14. The SMILES string of the molecule is CCCc1c(-c2cccc(OC)c2)[nH]cnc1=S. The molecule has 0 bridgehead atoms. The molecular formula is C14H16N2OS. The lowest BCUT2D eigenvalue weighted by Crippen LogP contribution is -1.96. The zero-order valence-electron chi connectivity index (χ0n) is 10.6. The monoisotopic (exact) mass is 260 g/mol. The molecule has 0 aliphatic rings. The van der Waals surface area contributed by atoms with Crippen LogP contribution in [-0.2, 0) is 6.42 Å². The van der Waals surface area contributed by atoms with Crippen molar-refractivity contribution < 1.29 is 4.74 Å². The highest BCUT2D eigenvalue weighted by atomic mass is 32.1. The molecule has 0 atom stereocenters. The summed E-state index contributed by atoms with van der Waals surface area (Å²) in [5.41, 5.74) is 3.21. The molecule has 3 nitrogen and oxygen atoms in total. The topological polar surface area (TPSA) is 37.9 Å². The summed E-state index contributed by atoms with van der Waals surface area (Å²) in [5.74, 6) is 0.839. The van der Waals surface area contributed by atoms with Gasteiger partial charge < -0.3 is 9.72 Å². The summed E-state index contributed by atoms with van der Waals surface area (Å²) in [6.07, 6.45) is 3.62. The highest BCUT2D eigenvalue weighted by molar-refractivity contribution is 7.71. The number of H-pyrrole nitrogens is 1. The quantitative estimate of drug-likeness (QED) is 0.850. The van der Waals surface area contributed by atoms with E-state index in [1.54, 1.807) is 13.4 Å². The fraction of sp³-hybridized carbons (Fsp3) is 0.286. The maximum absolute atomic E-state index is 5.30. The molecule has 1 heterocycles. The van der Waals surface area contributed by atoms with E-state index in [1.807, 2.05) is 24.3 Å². The van der Waals surface area contributed by atoms with Gasteiger partial charge in [0.25, 0.3) is 0 Å². The molecule has 4 heteroatoms.